The molecule has 7 nitrogen and oxygen atoms in total. The predicted molar refractivity (Wildman–Crippen MR) is 96.0 cm³/mol. The van der Waals surface area contributed by atoms with Crippen LogP contribution < -0.4 is 10.1 Å². The maximum atomic E-state index is 12.8. The highest BCUT2D eigenvalue weighted by Gasteiger charge is 2.35. The predicted octanol–water partition coefficient (Wildman–Crippen LogP) is 3.46. The summed E-state index contributed by atoms with van der Waals surface area (Å²) in [6.45, 7) is 1.73. The third kappa shape index (κ3) is 4.14. The number of alkyl halides is 3. The maximum Gasteiger partial charge on any atom is 0.435 e. The van der Waals surface area contributed by atoms with Crippen molar-refractivity contribution in [3.05, 3.63) is 46.9 Å². The number of nitrogens with one attached hydrogen (secondary N) is 1. The van der Waals surface area contributed by atoms with E-state index in [2.05, 4.69) is 20.4 Å². The van der Waals surface area contributed by atoms with E-state index in [1.54, 1.807) is 31.5 Å². The Morgan fingerprint density at radius 2 is 2.07 bits per heavy atom. The highest BCUT2D eigenvalue weighted by molar-refractivity contribution is 7.15. The molecule has 0 spiro atoms. The third-order valence-corrected chi connectivity index (χ3v) is 5.12. The van der Waals surface area contributed by atoms with E-state index in [1.807, 2.05) is 0 Å². The molecule has 3 aromatic heterocycles. The lowest BCUT2D eigenvalue weighted by molar-refractivity contribution is -0.141. The first kappa shape index (κ1) is 19.8. The lowest BCUT2D eigenvalue weighted by Gasteiger charge is -2.11. The Labute approximate surface area is 162 Å². The molecule has 0 aliphatic rings. The van der Waals surface area contributed by atoms with Crippen molar-refractivity contribution in [2.45, 2.75) is 19.1 Å². The average molecular weight is 411 g/mol. The van der Waals surface area contributed by atoms with Crippen LogP contribution in [0.25, 0.3) is 10.6 Å². The fourth-order valence-electron chi connectivity index (χ4n) is 2.43. The number of rotatable bonds is 5. The van der Waals surface area contributed by atoms with Gasteiger partial charge in [0.25, 0.3) is 5.91 Å². The van der Waals surface area contributed by atoms with E-state index in [4.69, 9.17) is 4.74 Å². The van der Waals surface area contributed by atoms with Crippen LogP contribution in [0.3, 0.4) is 0 Å². The maximum absolute atomic E-state index is 12.8. The number of hydrogen-bond acceptors (Lipinski definition) is 6. The third-order valence-electron chi connectivity index (χ3n) is 3.89. The number of carbonyl (C=O) groups excluding carboxylic acids is 1. The number of aryl methyl sites for hydroxylation is 1. The van der Waals surface area contributed by atoms with Crippen molar-refractivity contribution in [1.29, 1.82) is 0 Å². The largest absolute Gasteiger partial charge is 0.481 e. The smallest absolute Gasteiger partial charge is 0.435 e. The number of nitrogens with zero attached hydrogens (tertiary/aromatic N) is 4. The Morgan fingerprint density at radius 3 is 2.71 bits per heavy atom. The van der Waals surface area contributed by atoms with Crippen LogP contribution in [0.4, 0.5) is 13.2 Å². The van der Waals surface area contributed by atoms with Gasteiger partial charge in [-0.1, -0.05) is 0 Å². The van der Waals surface area contributed by atoms with Gasteiger partial charge in [0.2, 0.25) is 5.88 Å². The Morgan fingerprint density at radius 1 is 1.32 bits per heavy atom. The molecular weight excluding hydrogens is 395 g/mol. The topological polar surface area (TPSA) is 81.9 Å². The summed E-state index contributed by atoms with van der Waals surface area (Å²) in [6.07, 6.45) is -1.40. The molecule has 0 aromatic carbocycles. The summed E-state index contributed by atoms with van der Waals surface area (Å²) >= 11 is 1.35. The molecule has 28 heavy (non-hydrogen) atoms. The number of pyridine rings is 1. The van der Waals surface area contributed by atoms with E-state index in [9.17, 15) is 18.0 Å². The van der Waals surface area contributed by atoms with Gasteiger partial charge >= 0.3 is 6.18 Å². The summed E-state index contributed by atoms with van der Waals surface area (Å²) in [7, 11) is 2.80. The fourth-order valence-corrected chi connectivity index (χ4v) is 3.35. The van der Waals surface area contributed by atoms with Gasteiger partial charge in [-0.15, -0.1) is 11.3 Å². The molecule has 0 fully saturated rings. The lowest BCUT2D eigenvalue weighted by Crippen LogP contribution is -2.27. The number of amides is 1. The Balaban J connectivity index is 1.75. The zero-order valence-corrected chi connectivity index (χ0v) is 15.9. The van der Waals surface area contributed by atoms with Gasteiger partial charge in [-0.2, -0.15) is 18.3 Å². The number of methoxy groups -OCH3 is 1. The molecule has 1 atom stereocenters. The van der Waals surface area contributed by atoms with Crippen LogP contribution in [0.15, 0.2) is 30.6 Å². The van der Waals surface area contributed by atoms with Crippen molar-refractivity contribution in [3.8, 4) is 16.5 Å². The zero-order valence-electron chi connectivity index (χ0n) is 15.1. The van der Waals surface area contributed by atoms with Gasteiger partial charge in [0.15, 0.2) is 5.69 Å². The van der Waals surface area contributed by atoms with Crippen molar-refractivity contribution in [2.24, 2.45) is 7.05 Å². The van der Waals surface area contributed by atoms with Gasteiger partial charge in [-0.25, -0.2) is 9.97 Å². The van der Waals surface area contributed by atoms with Gasteiger partial charge in [-0.3, -0.25) is 9.48 Å². The molecule has 0 radical (unpaired) electrons. The van der Waals surface area contributed by atoms with E-state index in [0.29, 0.717) is 10.9 Å². The van der Waals surface area contributed by atoms with Gasteiger partial charge in [0.1, 0.15) is 10.7 Å². The normalized spacial score (nSPS) is 12.6. The second-order valence-corrected chi connectivity index (χ2v) is 6.95. The molecule has 0 saturated heterocycles. The van der Waals surface area contributed by atoms with E-state index in [-0.39, 0.29) is 5.69 Å². The minimum absolute atomic E-state index is 0.178. The molecule has 3 rings (SSSR count). The summed E-state index contributed by atoms with van der Waals surface area (Å²) in [5.74, 6) is -0.203. The van der Waals surface area contributed by atoms with Gasteiger partial charge < -0.3 is 10.1 Å². The van der Waals surface area contributed by atoms with Crippen LogP contribution in [0.2, 0.25) is 0 Å². The Bertz CT molecular complexity index is 999. The standard InChI is InChI=1S/C17H16F3N5O2S/c1-9(23-15(26)11-7-13(17(18,19)20)24-25(11)2)12-8-22-16(28-12)10-4-5-21-14(6-10)27-3/h4-9H,1-3H3,(H,23,26). The summed E-state index contributed by atoms with van der Waals surface area (Å²) in [6, 6.07) is 3.79. The minimum atomic E-state index is -4.61. The van der Waals surface area contributed by atoms with E-state index in [0.717, 1.165) is 21.2 Å². The van der Waals surface area contributed by atoms with Crippen molar-refractivity contribution < 1.29 is 22.7 Å². The van der Waals surface area contributed by atoms with Crippen LogP contribution in [0.5, 0.6) is 5.88 Å². The summed E-state index contributed by atoms with van der Waals surface area (Å²) < 4.78 is 44.3. The second-order valence-electron chi connectivity index (χ2n) is 5.89. The fraction of sp³-hybridized carbons (Fsp3) is 0.294. The molecule has 1 amide bonds. The van der Waals surface area contributed by atoms with Gasteiger partial charge in [0.05, 0.1) is 13.2 Å². The molecule has 0 aliphatic carbocycles. The van der Waals surface area contributed by atoms with E-state index < -0.39 is 23.8 Å². The molecule has 3 aromatic rings. The highest BCUT2D eigenvalue weighted by atomic mass is 32.1. The van der Waals surface area contributed by atoms with Crippen molar-refractivity contribution in [2.75, 3.05) is 7.11 Å². The van der Waals surface area contributed by atoms with Crippen molar-refractivity contribution in [1.82, 2.24) is 25.1 Å². The Kier molecular flexibility index (Phi) is 5.36. The van der Waals surface area contributed by atoms with Crippen LogP contribution in [-0.2, 0) is 13.2 Å². The van der Waals surface area contributed by atoms with Gasteiger partial charge in [-0.05, 0) is 13.0 Å². The van der Waals surface area contributed by atoms with Crippen LogP contribution >= 0.6 is 11.3 Å². The van der Waals surface area contributed by atoms with Crippen molar-refractivity contribution in [3.63, 3.8) is 0 Å². The second kappa shape index (κ2) is 7.58. The zero-order chi connectivity index (χ0) is 20.5. The highest BCUT2D eigenvalue weighted by Crippen LogP contribution is 2.31. The van der Waals surface area contributed by atoms with E-state index in [1.165, 1.54) is 25.5 Å². The molecule has 0 aliphatic heterocycles. The molecule has 0 bridgehead atoms. The average Bonchev–Trinajstić information content (AvgIpc) is 3.28. The molecule has 148 valence electrons. The molecular formula is C17H16F3N5O2S. The number of thiazole rings is 1. The molecule has 1 N–H and O–H groups in total. The number of hydrogen-bond donors (Lipinski definition) is 1. The van der Waals surface area contributed by atoms with Crippen LogP contribution in [0.1, 0.15) is 34.0 Å². The molecule has 11 heteroatoms. The monoisotopic (exact) mass is 411 g/mol. The first-order valence-corrected chi connectivity index (χ1v) is 8.89. The first-order valence-electron chi connectivity index (χ1n) is 8.07. The molecule has 1 unspecified atom stereocenters. The number of aromatic nitrogens is 4. The van der Waals surface area contributed by atoms with Crippen molar-refractivity contribution >= 4 is 17.2 Å². The number of ether oxygens (including phenoxy) is 1. The van der Waals surface area contributed by atoms with Crippen LogP contribution in [-0.4, -0.2) is 32.8 Å². The quantitative estimate of drug-likeness (QED) is 0.695. The minimum Gasteiger partial charge on any atom is -0.481 e. The first-order chi connectivity index (χ1) is 13.2. The molecule has 0 saturated carbocycles. The van der Waals surface area contributed by atoms with Gasteiger partial charge in [0, 0.05) is 42.0 Å². The Hall–Kier alpha value is -2.95. The summed E-state index contributed by atoms with van der Waals surface area (Å²) in [5, 5.41) is 6.72. The van der Waals surface area contributed by atoms with Crippen LogP contribution in [0, 0.1) is 0 Å². The number of halogens is 3. The lowest BCUT2D eigenvalue weighted by atomic mass is 10.2. The van der Waals surface area contributed by atoms with E-state index >= 15 is 0 Å². The SMILES string of the molecule is COc1cc(-c2ncc(C(C)NC(=O)c3cc(C(F)(F)F)nn3C)s2)ccn1. The molecule has 3 heterocycles. The summed E-state index contributed by atoms with van der Waals surface area (Å²) in [5.41, 5.74) is -0.481. The number of carbonyl (C=O) groups is 1. The summed E-state index contributed by atoms with van der Waals surface area (Å²) in [4.78, 5) is 21.5.